The van der Waals surface area contributed by atoms with Crippen molar-refractivity contribution >= 4 is 23.0 Å². The summed E-state index contributed by atoms with van der Waals surface area (Å²) in [4.78, 5) is 1.59. The molecule has 2 aromatic rings. The minimum absolute atomic E-state index is 0.665. The minimum atomic E-state index is 0.665. The highest BCUT2D eigenvalue weighted by molar-refractivity contribution is 7.80. The molecule has 0 aliphatic carbocycles. The average Bonchev–Trinajstić information content (AvgIpc) is 2.62. The van der Waals surface area contributed by atoms with E-state index in [1.54, 1.807) is 4.90 Å². The number of aryl methyl sites for hydroxylation is 1. The van der Waals surface area contributed by atoms with E-state index >= 15 is 0 Å². The number of hydrogen-bond donors (Lipinski definition) is 3. The summed E-state index contributed by atoms with van der Waals surface area (Å²) in [6, 6.07) is 14.9. The molecule has 0 heterocycles. The van der Waals surface area contributed by atoms with Crippen LogP contribution in [0.3, 0.4) is 0 Å². The molecule has 25 heavy (non-hydrogen) atoms. The molecule has 134 valence electrons. The van der Waals surface area contributed by atoms with E-state index in [1.165, 1.54) is 22.3 Å². The predicted octanol–water partition coefficient (Wildman–Crippen LogP) is 3.21. The summed E-state index contributed by atoms with van der Waals surface area (Å²) in [6.45, 7) is 12.8. The van der Waals surface area contributed by atoms with Gasteiger partial charge in [-0.3, -0.25) is 0 Å². The molecule has 0 saturated heterocycles. The molecule has 0 unspecified atom stereocenters. The van der Waals surface area contributed by atoms with E-state index in [9.17, 15) is 0 Å². The van der Waals surface area contributed by atoms with E-state index in [0.717, 1.165) is 31.9 Å². The lowest BCUT2D eigenvalue weighted by Crippen LogP contribution is -3.10. The van der Waals surface area contributed by atoms with Crippen molar-refractivity contribution in [2.24, 2.45) is 0 Å². The number of quaternary nitrogens is 1. The van der Waals surface area contributed by atoms with E-state index in [4.69, 9.17) is 12.2 Å². The van der Waals surface area contributed by atoms with Crippen LogP contribution in [0.2, 0.25) is 0 Å². The Labute approximate surface area is 157 Å². The lowest BCUT2D eigenvalue weighted by atomic mass is 10.1. The molecule has 2 aromatic carbocycles. The standard InChI is InChI=1S/C21H29N3S/c1-5-24(6-2)15-19-12-8-7-11-18(19)14-22-21(25)23-20-13-9-10-16(3)17(20)4/h7-13H,5-6,14-15H2,1-4H3,(H2,22,23,25)/p+1. The molecular weight excluding hydrogens is 326 g/mol. The number of anilines is 1. The molecule has 0 radical (unpaired) electrons. The quantitative estimate of drug-likeness (QED) is 0.665. The third-order valence-electron chi connectivity index (χ3n) is 4.85. The molecule has 2 rings (SSSR count). The summed E-state index contributed by atoms with van der Waals surface area (Å²) in [6.07, 6.45) is 0. The predicted molar refractivity (Wildman–Crippen MR) is 111 cm³/mol. The highest BCUT2D eigenvalue weighted by Gasteiger charge is 2.09. The topological polar surface area (TPSA) is 28.5 Å². The zero-order chi connectivity index (χ0) is 18.2. The minimum Gasteiger partial charge on any atom is -0.358 e. The van der Waals surface area contributed by atoms with Crippen LogP contribution in [0.5, 0.6) is 0 Å². The maximum Gasteiger partial charge on any atom is 0.171 e. The number of hydrogen-bond acceptors (Lipinski definition) is 1. The fourth-order valence-corrected chi connectivity index (χ4v) is 3.08. The van der Waals surface area contributed by atoms with Crippen LogP contribution in [-0.2, 0) is 13.1 Å². The van der Waals surface area contributed by atoms with E-state index in [2.05, 4.69) is 80.8 Å². The van der Waals surface area contributed by atoms with Crippen LogP contribution < -0.4 is 15.5 Å². The van der Waals surface area contributed by atoms with Crippen molar-refractivity contribution in [1.29, 1.82) is 0 Å². The maximum atomic E-state index is 5.49. The third-order valence-corrected chi connectivity index (χ3v) is 5.10. The number of rotatable bonds is 7. The van der Waals surface area contributed by atoms with Gasteiger partial charge in [0.05, 0.1) is 13.1 Å². The van der Waals surface area contributed by atoms with Crippen molar-refractivity contribution < 1.29 is 4.90 Å². The molecule has 4 heteroatoms. The van der Waals surface area contributed by atoms with Crippen LogP contribution >= 0.6 is 12.2 Å². The SMILES string of the molecule is CC[NH+](CC)Cc1ccccc1CNC(=S)Nc1cccc(C)c1C. The summed E-state index contributed by atoms with van der Waals surface area (Å²) >= 11 is 5.49. The number of nitrogens with one attached hydrogen (secondary N) is 3. The van der Waals surface area contributed by atoms with Gasteiger partial charge in [0.15, 0.2) is 5.11 Å². The van der Waals surface area contributed by atoms with Crippen molar-refractivity contribution in [2.45, 2.75) is 40.8 Å². The van der Waals surface area contributed by atoms with Gasteiger partial charge in [0, 0.05) is 17.8 Å². The summed E-state index contributed by atoms with van der Waals surface area (Å²) in [5.74, 6) is 0. The van der Waals surface area contributed by atoms with Gasteiger partial charge < -0.3 is 15.5 Å². The van der Waals surface area contributed by atoms with Gasteiger partial charge in [-0.05, 0) is 62.7 Å². The van der Waals surface area contributed by atoms with Crippen molar-refractivity contribution in [3.05, 3.63) is 64.7 Å². The number of thiocarbonyl (C=S) groups is 1. The lowest BCUT2D eigenvalue weighted by Gasteiger charge is -2.18. The molecule has 0 aliphatic rings. The van der Waals surface area contributed by atoms with Crippen LogP contribution in [0, 0.1) is 13.8 Å². The van der Waals surface area contributed by atoms with Gasteiger partial charge >= 0.3 is 0 Å². The molecule has 0 amide bonds. The molecular formula is C21H30N3S+. The summed E-state index contributed by atoms with van der Waals surface area (Å²) < 4.78 is 0. The normalized spacial score (nSPS) is 10.8. The molecule has 0 aromatic heterocycles. The Morgan fingerprint density at radius 2 is 1.64 bits per heavy atom. The lowest BCUT2D eigenvalue weighted by molar-refractivity contribution is -0.910. The Morgan fingerprint density at radius 1 is 0.960 bits per heavy atom. The molecule has 0 spiro atoms. The van der Waals surface area contributed by atoms with E-state index in [1.807, 2.05) is 0 Å². The van der Waals surface area contributed by atoms with Gasteiger partial charge in [0.1, 0.15) is 6.54 Å². The Balaban J connectivity index is 1.99. The fourth-order valence-electron chi connectivity index (χ4n) is 2.90. The van der Waals surface area contributed by atoms with Gasteiger partial charge in [-0.1, -0.05) is 36.4 Å². The van der Waals surface area contributed by atoms with Crippen LogP contribution in [-0.4, -0.2) is 18.2 Å². The Morgan fingerprint density at radius 3 is 2.32 bits per heavy atom. The Kier molecular flexibility index (Phi) is 7.41. The molecule has 0 bridgehead atoms. The summed E-state index contributed by atoms with van der Waals surface area (Å²) in [7, 11) is 0. The average molecular weight is 357 g/mol. The Bertz CT molecular complexity index is 708. The second kappa shape index (κ2) is 9.54. The first-order valence-electron chi connectivity index (χ1n) is 9.06. The van der Waals surface area contributed by atoms with Gasteiger partial charge in [0.2, 0.25) is 0 Å². The molecule has 0 saturated carbocycles. The van der Waals surface area contributed by atoms with Gasteiger partial charge in [0.25, 0.3) is 0 Å². The van der Waals surface area contributed by atoms with E-state index in [-0.39, 0.29) is 0 Å². The maximum absolute atomic E-state index is 5.49. The summed E-state index contributed by atoms with van der Waals surface area (Å²) in [5.41, 5.74) is 6.27. The summed E-state index contributed by atoms with van der Waals surface area (Å²) in [5, 5.41) is 7.34. The van der Waals surface area contributed by atoms with E-state index < -0.39 is 0 Å². The molecule has 0 fully saturated rings. The van der Waals surface area contributed by atoms with E-state index in [0.29, 0.717) is 5.11 Å². The molecule has 0 atom stereocenters. The van der Waals surface area contributed by atoms with Crippen molar-refractivity contribution in [3.8, 4) is 0 Å². The fraction of sp³-hybridized carbons (Fsp3) is 0.381. The highest BCUT2D eigenvalue weighted by Crippen LogP contribution is 2.17. The molecule has 0 aliphatic heterocycles. The van der Waals surface area contributed by atoms with Gasteiger partial charge in [-0.2, -0.15) is 0 Å². The van der Waals surface area contributed by atoms with Crippen LogP contribution in [0.4, 0.5) is 5.69 Å². The van der Waals surface area contributed by atoms with Crippen molar-refractivity contribution in [1.82, 2.24) is 5.32 Å². The monoisotopic (exact) mass is 356 g/mol. The molecule has 3 nitrogen and oxygen atoms in total. The first-order valence-corrected chi connectivity index (χ1v) is 9.47. The third kappa shape index (κ3) is 5.55. The number of benzene rings is 2. The zero-order valence-electron chi connectivity index (χ0n) is 15.8. The van der Waals surface area contributed by atoms with Gasteiger partial charge in [-0.25, -0.2) is 0 Å². The first-order chi connectivity index (χ1) is 12.0. The van der Waals surface area contributed by atoms with Crippen molar-refractivity contribution in [3.63, 3.8) is 0 Å². The van der Waals surface area contributed by atoms with Crippen molar-refractivity contribution in [2.75, 3.05) is 18.4 Å². The first kappa shape index (κ1) is 19.4. The molecule has 3 N–H and O–H groups in total. The smallest absolute Gasteiger partial charge is 0.171 e. The van der Waals surface area contributed by atoms with Gasteiger partial charge in [-0.15, -0.1) is 0 Å². The zero-order valence-corrected chi connectivity index (χ0v) is 16.6. The van der Waals surface area contributed by atoms with Crippen LogP contribution in [0.25, 0.3) is 0 Å². The highest BCUT2D eigenvalue weighted by atomic mass is 32.1. The second-order valence-electron chi connectivity index (χ2n) is 6.46. The second-order valence-corrected chi connectivity index (χ2v) is 6.87. The Hall–Kier alpha value is -1.91. The largest absolute Gasteiger partial charge is 0.358 e. The van der Waals surface area contributed by atoms with Crippen LogP contribution in [0.1, 0.15) is 36.1 Å². The van der Waals surface area contributed by atoms with Crippen LogP contribution in [0.15, 0.2) is 42.5 Å².